The van der Waals surface area contributed by atoms with Crippen LogP contribution in [0.5, 0.6) is 11.5 Å². The van der Waals surface area contributed by atoms with E-state index in [0.717, 1.165) is 38.2 Å². The van der Waals surface area contributed by atoms with Gasteiger partial charge in [-0.05, 0) is 62.2 Å². The molecule has 2 aromatic rings. The zero-order valence-corrected chi connectivity index (χ0v) is 14.7. The lowest BCUT2D eigenvalue weighted by molar-refractivity contribution is 0.0934. The second-order valence-corrected chi connectivity index (χ2v) is 6.82. The highest BCUT2D eigenvalue weighted by atomic mass is 16.7. The molecule has 2 aliphatic rings. The van der Waals surface area contributed by atoms with Gasteiger partial charge in [-0.15, -0.1) is 0 Å². The van der Waals surface area contributed by atoms with Crippen LogP contribution in [0.1, 0.15) is 28.9 Å². The van der Waals surface area contributed by atoms with Crippen LogP contribution in [0.15, 0.2) is 42.6 Å². The highest BCUT2D eigenvalue weighted by molar-refractivity contribution is 5.94. The van der Waals surface area contributed by atoms with Crippen molar-refractivity contribution in [2.24, 2.45) is 5.92 Å². The zero-order valence-electron chi connectivity index (χ0n) is 14.7. The predicted molar refractivity (Wildman–Crippen MR) is 97.1 cm³/mol. The molecule has 0 bridgehead atoms. The number of aromatic nitrogens is 1. The summed E-state index contributed by atoms with van der Waals surface area (Å²) in [6, 6.07) is 11.3. The van der Waals surface area contributed by atoms with Crippen molar-refractivity contribution >= 4 is 5.91 Å². The summed E-state index contributed by atoms with van der Waals surface area (Å²) >= 11 is 0. The average Bonchev–Trinajstić information content (AvgIpc) is 3.16. The van der Waals surface area contributed by atoms with Crippen molar-refractivity contribution in [3.05, 3.63) is 53.9 Å². The number of likely N-dealkylation sites (tertiary alicyclic amines) is 1. The minimum Gasteiger partial charge on any atom is -0.454 e. The van der Waals surface area contributed by atoms with Gasteiger partial charge in [-0.1, -0.05) is 6.07 Å². The first-order chi connectivity index (χ1) is 12.8. The highest BCUT2D eigenvalue weighted by Gasteiger charge is 2.21. The van der Waals surface area contributed by atoms with Crippen LogP contribution < -0.4 is 14.8 Å². The number of nitrogens with one attached hydrogen (secondary N) is 1. The van der Waals surface area contributed by atoms with Crippen molar-refractivity contribution in [1.29, 1.82) is 0 Å². The number of carbonyl (C=O) groups is 1. The van der Waals surface area contributed by atoms with Crippen LogP contribution in [0.25, 0.3) is 0 Å². The molecule has 1 fully saturated rings. The van der Waals surface area contributed by atoms with E-state index in [1.54, 1.807) is 18.2 Å². The molecule has 3 heterocycles. The van der Waals surface area contributed by atoms with E-state index in [2.05, 4.69) is 21.3 Å². The van der Waals surface area contributed by atoms with Crippen molar-refractivity contribution in [3.63, 3.8) is 0 Å². The molecule has 1 aromatic carbocycles. The summed E-state index contributed by atoms with van der Waals surface area (Å²) in [4.78, 5) is 19.2. The molecule has 26 heavy (non-hydrogen) atoms. The number of fused-ring (bicyclic) bond motifs is 1. The van der Waals surface area contributed by atoms with E-state index >= 15 is 0 Å². The normalized spacial score (nSPS) is 17.2. The van der Waals surface area contributed by atoms with Crippen LogP contribution in [-0.2, 0) is 6.54 Å². The van der Waals surface area contributed by atoms with Crippen molar-refractivity contribution in [3.8, 4) is 11.5 Å². The Hall–Kier alpha value is -2.60. The van der Waals surface area contributed by atoms with E-state index in [1.807, 2.05) is 18.3 Å². The van der Waals surface area contributed by atoms with Gasteiger partial charge in [0, 0.05) is 24.8 Å². The Kier molecular flexibility index (Phi) is 5.02. The smallest absolute Gasteiger partial charge is 0.251 e. The largest absolute Gasteiger partial charge is 0.454 e. The molecule has 0 radical (unpaired) electrons. The molecule has 0 aliphatic carbocycles. The number of pyridine rings is 1. The average molecular weight is 353 g/mol. The maximum absolute atomic E-state index is 12.4. The maximum Gasteiger partial charge on any atom is 0.251 e. The number of ether oxygens (including phenoxy) is 2. The lowest BCUT2D eigenvalue weighted by Crippen LogP contribution is -2.38. The van der Waals surface area contributed by atoms with E-state index < -0.39 is 0 Å². The summed E-state index contributed by atoms with van der Waals surface area (Å²) < 4.78 is 10.6. The lowest BCUT2D eigenvalue weighted by atomic mass is 9.96. The molecule has 4 rings (SSSR count). The molecular weight excluding hydrogens is 330 g/mol. The minimum atomic E-state index is -0.0563. The predicted octanol–water partition coefficient (Wildman–Crippen LogP) is 2.45. The Morgan fingerprint density at radius 3 is 2.81 bits per heavy atom. The molecule has 1 saturated heterocycles. The Bertz CT molecular complexity index is 758. The number of carbonyl (C=O) groups excluding carboxylic acids is 1. The van der Waals surface area contributed by atoms with Crippen LogP contribution in [-0.4, -0.2) is 42.2 Å². The Morgan fingerprint density at radius 2 is 2.00 bits per heavy atom. The lowest BCUT2D eigenvalue weighted by Gasteiger charge is -2.31. The topological polar surface area (TPSA) is 63.7 Å². The van der Waals surface area contributed by atoms with Crippen molar-refractivity contribution in [2.75, 3.05) is 26.4 Å². The van der Waals surface area contributed by atoms with Gasteiger partial charge >= 0.3 is 0 Å². The van der Waals surface area contributed by atoms with Crippen LogP contribution in [0, 0.1) is 5.92 Å². The Morgan fingerprint density at radius 1 is 1.15 bits per heavy atom. The number of rotatable bonds is 5. The highest BCUT2D eigenvalue weighted by Crippen LogP contribution is 2.32. The second-order valence-electron chi connectivity index (χ2n) is 6.82. The van der Waals surface area contributed by atoms with Crippen LogP contribution in [0.4, 0.5) is 0 Å². The van der Waals surface area contributed by atoms with Crippen molar-refractivity contribution < 1.29 is 14.3 Å². The number of amides is 1. The molecule has 1 aromatic heterocycles. The first-order valence-corrected chi connectivity index (χ1v) is 9.08. The third-order valence-corrected chi connectivity index (χ3v) is 5.00. The molecular formula is C20H23N3O3. The minimum absolute atomic E-state index is 0.0563. The molecule has 6 nitrogen and oxygen atoms in total. The van der Waals surface area contributed by atoms with Gasteiger partial charge in [0.2, 0.25) is 6.79 Å². The summed E-state index contributed by atoms with van der Waals surface area (Å²) in [6.07, 6.45) is 4.02. The molecule has 0 unspecified atom stereocenters. The standard InChI is InChI=1S/C20H23N3O3/c24-20(16-4-5-18-19(11-16)26-14-25-18)22-12-15-6-9-23(10-7-15)13-17-3-1-2-8-21-17/h1-5,8,11,15H,6-7,9-10,12-14H2,(H,22,24). The second kappa shape index (κ2) is 7.74. The molecule has 0 saturated carbocycles. The van der Waals surface area contributed by atoms with Gasteiger partial charge in [-0.2, -0.15) is 0 Å². The third kappa shape index (κ3) is 3.96. The fraction of sp³-hybridized carbons (Fsp3) is 0.400. The summed E-state index contributed by atoms with van der Waals surface area (Å²) in [5.74, 6) is 1.80. The Labute approximate surface area is 153 Å². The molecule has 1 N–H and O–H groups in total. The molecule has 1 amide bonds. The number of benzene rings is 1. The van der Waals surface area contributed by atoms with Gasteiger partial charge in [-0.3, -0.25) is 14.7 Å². The van der Waals surface area contributed by atoms with E-state index in [1.165, 1.54) is 0 Å². The van der Waals surface area contributed by atoms with Crippen LogP contribution in [0.3, 0.4) is 0 Å². The molecule has 0 atom stereocenters. The van der Waals surface area contributed by atoms with Gasteiger partial charge in [0.25, 0.3) is 5.91 Å². The zero-order chi connectivity index (χ0) is 17.8. The molecule has 6 heteroatoms. The summed E-state index contributed by atoms with van der Waals surface area (Å²) in [6.45, 7) is 3.92. The summed E-state index contributed by atoms with van der Waals surface area (Å²) in [5.41, 5.74) is 1.73. The molecule has 136 valence electrons. The quantitative estimate of drug-likeness (QED) is 0.895. The SMILES string of the molecule is O=C(NCC1CCN(Cc2ccccn2)CC1)c1ccc2c(c1)OCO2. The molecule has 2 aliphatic heterocycles. The summed E-state index contributed by atoms with van der Waals surface area (Å²) in [7, 11) is 0. The fourth-order valence-electron chi connectivity index (χ4n) is 3.45. The van der Waals surface area contributed by atoms with Gasteiger partial charge in [0.05, 0.1) is 5.69 Å². The van der Waals surface area contributed by atoms with Crippen LogP contribution in [0.2, 0.25) is 0 Å². The van der Waals surface area contributed by atoms with E-state index in [-0.39, 0.29) is 12.7 Å². The number of nitrogens with zero attached hydrogens (tertiary/aromatic N) is 2. The van der Waals surface area contributed by atoms with E-state index in [9.17, 15) is 4.79 Å². The van der Waals surface area contributed by atoms with Gasteiger partial charge < -0.3 is 14.8 Å². The van der Waals surface area contributed by atoms with E-state index in [4.69, 9.17) is 9.47 Å². The number of piperidine rings is 1. The number of hydrogen-bond donors (Lipinski definition) is 1. The first kappa shape index (κ1) is 16.8. The van der Waals surface area contributed by atoms with E-state index in [0.29, 0.717) is 29.5 Å². The van der Waals surface area contributed by atoms with Gasteiger partial charge in [0.1, 0.15) is 0 Å². The third-order valence-electron chi connectivity index (χ3n) is 5.00. The van der Waals surface area contributed by atoms with Gasteiger partial charge in [0.15, 0.2) is 11.5 Å². The Balaban J connectivity index is 1.23. The van der Waals surface area contributed by atoms with Crippen molar-refractivity contribution in [1.82, 2.24) is 15.2 Å². The first-order valence-electron chi connectivity index (χ1n) is 9.08. The monoisotopic (exact) mass is 353 g/mol. The van der Waals surface area contributed by atoms with Crippen molar-refractivity contribution in [2.45, 2.75) is 19.4 Å². The van der Waals surface area contributed by atoms with Crippen LogP contribution >= 0.6 is 0 Å². The number of hydrogen-bond acceptors (Lipinski definition) is 5. The fourth-order valence-corrected chi connectivity index (χ4v) is 3.45. The summed E-state index contributed by atoms with van der Waals surface area (Å²) in [5, 5.41) is 3.06. The van der Waals surface area contributed by atoms with Gasteiger partial charge in [-0.25, -0.2) is 0 Å². The molecule has 0 spiro atoms. The maximum atomic E-state index is 12.4.